The highest BCUT2D eigenvalue weighted by Gasteiger charge is 2.54. The molecule has 0 bridgehead atoms. The standard InChI is InChI=1S/C19H23BFN3O2.C18H14FN5.C5H5BrN2/c1-12-7-6-8-16(23-12)17-22-10-13-9-15(21)14(11-24(13)17)20-25-18(2,3)19(4,5)26-20;1-11-3-2-4-18(23-11)24-17-7-15(12-5-14(20)10-21-8-12)16(19)6-13(17)9-22-24;6-4-1-5(7)3-8-2-4/h6-11,13,17H,1-5H3;2-10H,20H2,1H3;1-3H,7H2. The number of rotatable bonds is 4. The molecule has 9 rings (SSSR count). The van der Waals surface area contributed by atoms with Crippen molar-refractivity contribution in [2.75, 3.05) is 11.5 Å². The molecule has 16 heteroatoms. The maximum Gasteiger partial charge on any atom is 0.499 e. The van der Waals surface area contributed by atoms with E-state index in [1.54, 1.807) is 66.2 Å². The van der Waals surface area contributed by atoms with Gasteiger partial charge in [-0.15, -0.1) is 0 Å². The van der Waals surface area contributed by atoms with Crippen LogP contribution in [0, 0.1) is 19.7 Å². The minimum absolute atomic E-state index is 0.228. The zero-order chi connectivity index (χ0) is 41.4. The fraction of sp³-hybridized carbons (Fsp3) is 0.238. The molecule has 0 amide bonds. The number of benzene rings is 1. The number of hydrogen-bond acceptors (Lipinski definition) is 11. The molecule has 1 fully saturated rings. The van der Waals surface area contributed by atoms with Crippen LogP contribution in [0.2, 0.25) is 0 Å². The van der Waals surface area contributed by atoms with Crippen LogP contribution in [0.5, 0.6) is 0 Å². The monoisotopic (exact) mass is 846 g/mol. The molecule has 0 aliphatic carbocycles. The summed E-state index contributed by atoms with van der Waals surface area (Å²) in [6.07, 6.45) is 12.8. The molecular weight excluding hydrogens is 805 g/mol. The number of aromatic nitrogens is 6. The quantitative estimate of drug-likeness (QED) is 0.165. The number of nitrogen functional groups attached to an aromatic ring is 2. The van der Waals surface area contributed by atoms with Crippen LogP contribution in [0.1, 0.15) is 50.9 Å². The Morgan fingerprint density at radius 1 is 0.810 bits per heavy atom. The van der Waals surface area contributed by atoms with E-state index in [1.165, 1.54) is 12.3 Å². The van der Waals surface area contributed by atoms with Crippen molar-refractivity contribution in [3.63, 3.8) is 0 Å². The van der Waals surface area contributed by atoms with Crippen molar-refractivity contribution < 1.29 is 18.1 Å². The molecule has 1 aromatic carbocycles. The van der Waals surface area contributed by atoms with Gasteiger partial charge in [-0.2, -0.15) is 5.10 Å². The predicted octanol–water partition coefficient (Wildman–Crippen LogP) is 8.46. The third-order valence-corrected chi connectivity index (χ3v) is 10.5. The molecule has 3 aliphatic rings. The summed E-state index contributed by atoms with van der Waals surface area (Å²) in [5, 5.41) is 5.05. The molecule has 12 nitrogen and oxygen atoms in total. The van der Waals surface area contributed by atoms with Gasteiger partial charge < -0.3 is 25.7 Å². The van der Waals surface area contributed by atoms with Crippen molar-refractivity contribution in [2.24, 2.45) is 4.99 Å². The van der Waals surface area contributed by atoms with Gasteiger partial charge in [-0.1, -0.05) is 12.1 Å². The first-order valence-corrected chi connectivity index (χ1v) is 19.3. The van der Waals surface area contributed by atoms with E-state index in [0.717, 1.165) is 27.1 Å². The first-order chi connectivity index (χ1) is 27.6. The highest BCUT2D eigenvalue weighted by atomic mass is 79.9. The van der Waals surface area contributed by atoms with Crippen LogP contribution in [0.3, 0.4) is 0 Å². The van der Waals surface area contributed by atoms with Crippen molar-refractivity contribution in [2.45, 2.75) is 65.0 Å². The number of pyridine rings is 4. The average Bonchev–Trinajstić information content (AvgIpc) is 3.83. The van der Waals surface area contributed by atoms with Crippen LogP contribution in [0.15, 0.2) is 125 Å². The van der Waals surface area contributed by atoms with Gasteiger partial charge in [-0.25, -0.2) is 18.4 Å². The van der Waals surface area contributed by atoms with E-state index in [4.69, 9.17) is 20.8 Å². The van der Waals surface area contributed by atoms with Crippen LogP contribution in [-0.2, 0) is 9.31 Å². The van der Waals surface area contributed by atoms with Crippen LogP contribution in [0.25, 0.3) is 27.8 Å². The largest absolute Gasteiger partial charge is 0.499 e. The van der Waals surface area contributed by atoms with E-state index in [9.17, 15) is 8.78 Å². The van der Waals surface area contributed by atoms with E-state index >= 15 is 0 Å². The number of anilines is 2. The van der Waals surface area contributed by atoms with Crippen LogP contribution >= 0.6 is 15.9 Å². The Morgan fingerprint density at radius 2 is 1.48 bits per heavy atom. The first-order valence-electron chi connectivity index (χ1n) is 18.5. The number of hydrogen-bond donors (Lipinski definition) is 2. The van der Waals surface area contributed by atoms with Gasteiger partial charge in [-0.3, -0.25) is 19.9 Å². The summed E-state index contributed by atoms with van der Waals surface area (Å²) in [6.45, 7) is 11.7. The second-order valence-corrected chi connectivity index (χ2v) is 15.9. The molecular formula is C42H42BBrF2N10O2. The molecule has 0 spiro atoms. The predicted molar refractivity (Wildman–Crippen MR) is 227 cm³/mol. The summed E-state index contributed by atoms with van der Waals surface area (Å²) >= 11 is 3.22. The molecule has 296 valence electrons. The van der Waals surface area contributed by atoms with Gasteiger partial charge in [-0.05, 0) is 112 Å². The Bertz CT molecular complexity index is 2550. The second kappa shape index (κ2) is 16.2. The number of nitrogens with two attached hydrogens (primary N) is 2. The highest BCUT2D eigenvalue weighted by molar-refractivity contribution is 9.10. The summed E-state index contributed by atoms with van der Waals surface area (Å²) in [7, 11) is -0.746. The summed E-state index contributed by atoms with van der Waals surface area (Å²) in [5.41, 5.74) is 16.1. The molecule has 0 saturated carbocycles. The average molecular weight is 848 g/mol. The Kier molecular flexibility index (Phi) is 11.3. The van der Waals surface area contributed by atoms with Gasteiger partial charge in [0.1, 0.15) is 11.6 Å². The molecule has 8 heterocycles. The van der Waals surface area contributed by atoms with Gasteiger partial charge in [0, 0.05) is 75.0 Å². The smallest absolute Gasteiger partial charge is 0.399 e. The Hall–Kier alpha value is -5.84. The molecule has 0 radical (unpaired) electrons. The first kappa shape index (κ1) is 40.4. The van der Waals surface area contributed by atoms with Gasteiger partial charge >= 0.3 is 7.12 Å². The molecule has 4 N–H and O–H groups in total. The minimum atomic E-state index is -0.746. The topological polar surface area (TPSA) is 155 Å². The molecule has 3 aliphatic heterocycles. The van der Waals surface area contributed by atoms with Gasteiger partial charge in [0.25, 0.3) is 0 Å². The van der Waals surface area contributed by atoms with Crippen molar-refractivity contribution in [3.8, 4) is 16.9 Å². The van der Waals surface area contributed by atoms with Gasteiger partial charge in [0.2, 0.25) is 0 Å². The fourth-order valence-electron chi connectivity index (χ4n) is 6.45. The Labute approximate surface area is 344 Å². The third kappa shape index (κ3) is 8.54. The zero-order valence-electron chi connectivity index (χ0n) is 32.8. The fourth-order valence-corrected chi connectivity index (χ4v) is 6.83. The lowest BCUT2D eigenvalue weighted by molar-refractivity contribution is 0.00578. The SMILES string of the molecule is Cc1cccc(-n2ncc3cc(F)c(-c4cncc(N)c4)cc32)n1.Cc1cccc(C2N=CC3C=C(F)C(B4OC(C)(C)C(C)(C)O4)=CN32)n1.Nc1cncc(Br)c1. The van der Waals surface area contributed by atoms with Crippen LogP contribution < -0.4 is 11.5 Å². The van der Waals surface area contributed by atoms with E-state index < -0.39 is 18.3 Å². The Balaban J connectivity index is 0.000000149. The highest BCUT2D eigenvalue weighted by Crippen LogP contribution is 2.42. The molecule has 58 heavy (non-hydrogen) atoms. The van der Waals surface area contributed by atoms with Crippen molar-refractivity contribution >= 4 is 51.5 Å². The maximum atomic E-state index is 14.8. The number of fused-ring (bicyclic) bond motifs is 2. The number of aryl methyl sites for hydroxylation is 2. The van der Waals surface area contributed by atoms with E-state index in [0.29, 0.717) is 39.2 Å². The molecule has 1 saturated heterocycles. The van der Waals surface area contributed by atoms with Crippen molar-refractivity contribution in [1.82, 2.24) is 34.6 Å². The minimum Gasteiger partial charge on any atom is -0.399 e. The molecule has 5 aromatic heterocycles. The maximum absolute atomic E-state index is 14.8. The van der Waals surface area contributed by atoms with Gasteiger partial charge in [0.15, 0.2) is 12.0 Å². The van der Waals surface area contributed by atoms with E-state index in [2.05, 4.69) is 46.0 Å². The summed E-state index contributed by atoms with van der Waals surface area (Å²) < 4.78 is 43.9. The van der Waals surface area contributed by atoms with Crippen molar-refractivity contribution in [1.29, 1.82) is 0 Å². The zero-order valence-corrected chi connectivity index (χ0v) is 34.4. The van der Waals surface area contributed by atoms with Crippen molar-refractivity contribution in [3.05, 3.63) is 143 Å². The summed E-state index contributed by atoms with van der Waals surface area (Å²) in [6, 6.07) is 18.0. The third-order valence-electron chi connectivity index (χ3n) is 10.1. The normalized spacial score (nSPS) is 18.8. The second-order valence-electron chi connectivity index (χ2n) is 15.0. The lowest BCUT2D eigenvalue weighted by Gasteiger charge is -2.32. The Morgan fingerprint density at radius 3 is 2.12 bits per heavy atom. The number of nitrogens with zero attached hydrogens (tertiary/aromatic N) is 8. The summed E-state index contributed by atoms with van der Waals surface area (Å²) in [5.74, 6) is 0.0222. The molecule has 2 atom stereocenters. The number of halogens is 3. The number of allylic oxidation sites excluding steroid dienone is 2. The van der Waals surface area contributed by atoms with E-state index in [1.807, 2.05) is 82.8 Å². The van der Waals surface area contributed by atoms with Crippen LogP contribution in [0.4, 0.5) is 20.2 Å². The summed E-state index contributed by atoms with van der Waals surface area (Å²) in [4.78, 5) is 23.4. The van der Waals surface area contributed by atoms with Crippen LogP contribution in [-0.4, -0.2) is 65.2 Å². The van der Waals surface area contributed by atoms with E-state index in [-0.39, 0.29) is 23.9 Å². The molecule has 6 aromatic rings. The number of aliphatic imine (C=N–C) groups is 1. The molecule has 2 unspecified atom stereocenters. The van der Waals surface area contributed by atoms with Gasteiger partial charge in [0.05, 0.1) is 46.0 Å². The lowest BCUT2D eigenvalue weighted by atomic mass is 9.76. The lowest BCUT2D eigenvalue weighted by Crippen LogP contribution is -2.41.